The smallest absolute Gasteiger partial charge is 0.325 e. The van der Waals surface area contributed by atoms with Gasteiger partial charge in [-0.2, -0.15) is 0 Å². The largest absolute Gasteiger partial charge is 0.480 e. The van der Waals surface area contributed by atoms with E-state index in [1.165, 1.54) is 17.9 Å². The predicted molar refractivity (Wildman–Crippen MR) is 43.1 cm³/mol. The summed E-state index contributed by atoms with van der Waals surface area (Å²) >= 11 is 0. The van der Waals surface area contributed by atoms with Crippen molar-refractivity contribution in [3.05, 3.63) is 6.33 Å². The molecule has 8 heteroatoms. The molecule has 0 aromatic carbocycles. The molecule has 0 unspecified atom stereocenters. The number of rotatable bonds is 4. The summed E-state index contributed by atoms with van der Waals surface area (Å²) in [6, 6.07) is -0.918. The standard InChI is InChI=1S/C6H9N5O3/c1-4(6(13)14)8-5(12)2-11-3-7-9-10-11/h3-4H,2H2,1H3,(H,8,12)(H,13,14)/t4-/m0/s1. The van der Waals surface area contributed by atoms with Crippen LogP contribution in [0.3, 0.4) is 0 Å². The SMILES string of the molecule is C[C@H](NC(=O)Cn1cnnn1)C(=O)O. The molecule has 0 fully saturated rings. The minimum atomic E-state index is -1.09. The zero-order valence-electron chi connectivity index (χ0n) is 7.41. The highest BCUT2D eigenvalue weighted by Gasteiger charge is 2.13. The third-order valence-corrected chi connectivity index (χ3v) is 1.44. The molecule has 0 aliphatic carbocycles. The number of nitrogens with zero attached hydrogens (tertiary/aromatic N) is 4. The Bertz CT molecular complexity index is 322. The first-order valence-corrected chi connectivity index (χ1v) is 3.82. The molecule has 1 amide bonds. The van der Waals surface area contributed by atoms with Crippen LogP contribution < -0.4 is 5.32 Å². The van der Waals surface area contributed by atoms with Gasteiger partial charge in [-0.15, -0.1) is 5.10 Å². The van der Waals surface area contributed by atoms with Crippen LogP contribution in [0, 0.1) is 0 Å². The maximum Gasteiger partial charge on any atom is 0.325 e. The molecule has 0 radical (unpaired) electrons. The molecule has 1 atom stereocenters. The number of tetrazole rings is 1. The zero-order chi connectivity index (χ0) is 10.6. The molecular weight excluding hydrogens is 190 g/mol. The van der Waals surface area contributed by atoms with Crippen molar-refractivity contribution in [2.24, 2.45) is 0 Å². The van der Waals surface area contributed by atoms with Gasteiger partial charge in [0, 0.05) is 0 Å². The summed E-state index contributed by atoms with van der Waals surface area (Å²) in [5.41, 5.74) is 0. The lowest BCUT2D eigenvalue weighted by molar-refractivity contribution is -0.141. The number of aliphatic carboxylic acids is 1. The van der Waals surface area contributed by atoms with Gasteiger partial charge in [-0.25, -0.2) is 4.68 Å². The lowest BCUT2D eigenvalue weighted by Crippen LogP contribution is -2.40. The minimum Gasteiger partial charge on any atom is -0.480 e. The molecule has 0 saturated heterocycles. The van der Waals surface area contributed by atoms with Crippen molar-refractivity contribution in [1.29, 1.82) is 0 Å². The van der Waals surface area contributed by atoms with Gasteiger partial charge in [0.2, 0.25) is 5.91 Å². The van der Waals surface area contributed by atoms with E-state index in [0.29, 0.717) is 0 Å². The molecule has 8 nitrogen and oxygen atoms in total. The van der Waals surface area contributed by atoms with Gasteiger partial charge in [-0.3, -0.25) is 9.59 Å². The number of hydrogen-bond acceptors (Lipinski definition) is 5. The van der Waals surface area contributed by atoms with Crippen LogP contribution in [0.25, 0.3) is 0 Å². The number of carbonyl (C=O) groups excluding carboxylic acids is 1. The summed E-state index contributed by atoms with van der Waals surface area (Å²) in [6.45, 7) is 1.28. The molecule has 0 saturated carbocycles. The van der Waals surface area contributed by atoms with Crippen LogP contribution >= 0.6 is 0 Å². The molecule has 0 bridgehead atoms. The van der Waals surface area contributed by atoms with Crippen LogP contribution in [-0.4, -0.2) is 43.2 Å². The highest BCUT2D eigenvalue weighted by Crippen LogP contribution is 1.84. The fraction of sp³-hybridized carbons (Fsp3) is 0.500. The van der Waals surface area contributed by atoms with Crippen LogP contribution in [0.5, 0.6) is 0 Å². The summed E-state index contributed by atoms with van der Waals surface area (Å²) in [5.74, 6) is -1.54. The van der Waals surface area contributed by atoms with E-state index in [1.807, 2.05) is 0 Å². The predicted octanol–water partition coefficient (Wildman–Crippen LogP) is -1.74. The lowest BCUT2D eigenvalue weighted by Gasteiger charge is -2.08. The number of carboxylic acid groups (broad SMARTS) is 1. The van der Waals surface area contributed by atoms with Crippen LogP contribution in [-0.2, 0) is 16.1 Å². The quantitative estimate of drug-likeness (QED) is 0.595. The van der Waals surface area contributed by atoms with Gasteiger partial charge < -0.3 is 10.4 Å². The first-order valence-electron chi connectivity index (χ1n) is 3.82. The second kappa shape index (κ2) is 4.30. The summed E-state index contributed by atoms with van der Waals surface area (Å²) in [7, 11) is 0. The fourth-order valence-corrected chi connectivity index (χ4v) is 0.749. The first-order chi connectivity index (χ1) is 6.59. The van der Waals surface area contributed by atoms with Gasteiger partial charge >= 0.3 is 5.97 Å². The molecule has 2 N–H and O–H groups in total. The van der Waals surface area contributed by atoms with Crippen molar-refractivity contribution >= 4 is 11.9 Å². The number of carboxylic acids is 1. The Hall–Kier alpha value is -1.99. The Morgan fingerprint density at radius 3 is 2.86 bits per heavy atom. The van der Waals surface area contributed by atoms with Gasteiger partial charge in [0.25, 0.3) is 0 Å². The van der Waals surface area contributed by atoms with E-state index in [-0.39, 0.29) is 6.54 Å². The molecule has 76 valence electrons. The van der Waals surface area contributed by atoms with Gasteiger partial charge in [-0.05, 0) is 17.4 Å². The highest BCUT2D eigenvalue weighted by atomic mass is 16.4. The molecule has 0 aliphatic rings. The van der Waals surface area contributed by atoms with E-state index < -0.39 is 17.9 Å². The maximum atomic E-state index is 11.1. The van der Waals surface area contributed by atoms with E-state index in [0.717, 1.165) is 0 Å². The average molecular weight is 199 g/mol. The molecule has 1 heterocycles. The monoisotopic (exact) mass is 199 g/mol. The lowest BCUT2D eigenvalue weighted by atomic mass is 10.3. The van der Waals surface area contributed by atoms with Gasteiger partial charge in [-0.1, -0.05) is 0 Å². The third kappa shape index (κ3) is 2.81. The fourth-order valence-electron chi connectivity index (χ4n) is 0.749. The third-order valence-electron chi connectivity index (χ3n) is 1.44. The molecule has 14 heavy (non-hydrogen) atoms. The summed E-state index contributed by atoms with van der Waals surface area (Å²) in [4.78, 5) is 21.5. The van der Waals surface area contributed by atoms with Gasteiger partial charge in [0.05, 0.1) is 0 Å². The molecule has 1 aromatic heterocycles. The molecule has 0 spiro atoms. The summed E-state index contributed by atoms with van der Waals surface area (Å²) < 4.78 is 1.20. The number of hydrogen-bond donors (Lipinski definition) is 2. The average Bonchev–Trinajstić information content (AvgIpc) is 2.56. The van der Waals surface area contributed by atoms with Crippen LogP contribution in [0.4, 0.5) is 0 Å². The molecule has 1 aromatic rings. The van der Waals surface area contributed by atoms with E-state index in [1.54, 1.807) is 0 Å². The van der Waals surface area contributed by atoms with E-state index in [9.17, 15) is 9.59 Å². The van der Waals surface area contributed by atoms with Crippen LogP contribution in [0.2, 0.25) is 0 Å². The molecule has 1 rings (SSSR count). The van der Waals surface area contributed by atoms with Crippen molar-refractivity contribution in [2.45, 2.75) is 19.5 Å². The number of amides is 1. The Kier molecular flexibility index (Phi) is 3.10. The molecule has 0 aliphatic heterocycles. The van der Waals surface area contributed by atoms with E-state index >= 15 is 0 Å². The van der Waals surface area contributed by atoms with Crippen molar-refractivity contribution in [3.8, 4) is 0 Å². The first kappa shape index (κ1) is 10.1. The maximum absolute atomic E-state index is 11.1. The molecular formula is C6H9N5O3. The minimum absolute atomic E-state index is 0.0926. The summed E-state index contributed by atoms with van der Waals surface area (Å²) in [5, 5.41) is 20.9. The van der Waals surface area contributed by atoms with Crippen molar-refractivity contribution in [1.82, 2.24) is 25.5 Å². The second-order valence-corrected chi connectivity index (χ2v) is 2.63. The Labute approximate surface area is 78.9 Å². The normalized spacial score (nSPS) is 12.1. The Morgan fingerprint density at radius 1 is 1.64 bits per heavy atom. The Morgan fingerprint density at radius 2 is 2.36 bits per heavy atom. The topological polar surface area (TPSA) is 110 Å². The number of nitrogens with one attached hydrogen (secondary N) is 1. The number of carbonyl (C=O) groups is 2. The van der Waals surface area contributed by atoms with Gasteiger partial charge in [0.1, 0.15) is 18.9 Å². The second-order valence-electron chi connectivity index (χ2n) is 2.63. The number of aromatic nitrogens is 4. The van der Waals surface area contributed by atoms with Crippen molar-refractivity contribution in [3.63, 3.8) is 0 Å². The van der Waals surface area contributed by atoms with Crippen molar-refractivity contribution < 1.29 is 14.7 Å². The van der Waals surface area contributed by atoms with Crippen molar-refractivity contribution in [2.75, 3.05) is 0 Å². The Balaban J connectivity index is 2.40. The summed E-state index contributed by atoms with van der Waals surface area (Å²) in [6.07, 6.45) is 1.27. The van der Waals surface area contributed by atoms with Gasteiger partial charge in [0.15, 0.2) is 0 Å². The highest BCUT2D eigenvalue weighted by molar-refractivity contribution is 5.82. The van der Waals surface area contributed by atoms with E-state index in [4.69, 9.17) is 5.11 Å². The van der Waals surface area contributed by atoms with E-state index in [2.05, 4.69) is 20.8 Å². The van der Waals surface area contributed by atoms with Crippen LogP contribution in [0.1, 0.15) is 6.92 Å². The van der Waals surface area contributed by atoms with Crippen LogP contribution in [0.15, 0.2) is 6.33 Å². The zero-order valence-corrected chi connectivity index (χ0v) is 7.41.